The van der Waals surface area contributed by atoms with Gasteiger partial charge in [0.05, 0.1) is 0 Å². The molecule has 0 fully saturated rings. The quantitative estimate of drug-likeness (QED) is 0.553. The van der Waals surface area contributed by atoms with Crippen LogP contribution < -0.4 is 10.9 Å². The van der Waals surface area contributed by atoms with Gasteiger partial charge in [-0.25, -0.2) is 9.18 Å². The maximum Gasteiger partial charge on any atom is 0.336 e. The summed E-state index contributed by atoms with van der Waals surface area (Å²) in [5.74, 6) is -0.222. The molecule has 1 heterocycles. The zero-order valence-electron chi connectivity index (χ0n) is 13.6. The average Bonchev–Trinajstić information content (AvgIpc) is 2.59. The number of aryl methyl sites for hydroxylation is 1. The van der Waals surface area contributed by atoms with Crippen molar-refractivity contribution in [3.05, 3.63) is 81.5 Å². The molecule has 4 heteroatoms. The largest absolute Gasteiger partial charge is 0.423 e. The first-order valence-corrected chi connectivity index (χ1v) is 8.16. The Morgan fingerprint density at radius 3 is 2.54 bits per heavy atom. The fraction of sp³-hybridized carbons (Fsp3) is 0.250. The van der Waals surface area contributed by atoms with Crippen molar-refractivity contribution in [2.24, 2.45) is 0 Å². The molecule has 0 atom stereocenters. The lowest BCUT2D eigenvalue weighted by atomic mass is 10.1. The minimum Gasteiger partial charge on any atom is -0.423 e. The summed E-state index contributed by atoms with van der Waals surface area (Å²) < 4.78 is 18.2. The number of fused-ring (bicyclic) bond motifs is 1. The predicted octanol–water partition coefficient (Wildman–Crippen LogP) is 3.83. The second-order valence-electron chi connectivity index (χ2n) is 5.83. The van der Waals surface area contributed by atoms with Gasteiger partial charge in [0.25, 0.3) is 0 Å². The van der Waals surface area contributed by atoms with E-state index >= 15 is 0 Å². The van der Waals surface area contributed by atoms with Crippen molar-refractivity contribution < 1.29 is 8.81 Å². The van der Waals surface area contributed by atoms with E-state index in [4.69, 9.17) is 4.42 Å². The monoisotopic (exact) mass is 325 g/mol. The minimum absolute atomic E-state index is 0.222. The SMILES string of the molecule is CCc1ccc2c(CNCCc3ccc(F)cc3)cc(=O)oc2c1. The van der Waals surface area contributed by atoms with E-state index in [1.165, 1.54) is 12.1 Å². The van der Waals surface area contributed by atoms with Crippen molar-refractivity contribution in [2.75, 3.05) is 6.54 Å². The average molecular weight is 325 g/mol. The van der Waals surface area contributed by atoms with E-state index in [0.29, 0.717) is 12.1 Å². The molecule has 124 valence electrons. The standard InChI is InChI=1S/C20H20FNO2/c1-2-14-5-8-18-16(12-20(23)24-19(18)11-14)13-22-10-9-15-3-6-17(21)7-4-15/h3-8,11-12,22H,2,9-10,13H2,1H3. The highest BCUT2D eigenvalue weighted by Gasteiger charge is 2.06. The highest BCUT2D eigenvalue weighted by Crippen LogP contribution is 2.19. The molecular formula is C20H20FNO2. The molecule has 0 bridgehead atoms. The van der Waals surface area contributed by atoms with Gasteiger partial charge in [0.1, 0.15) is 11.4 Å². The van der Waals surface area contributed by atoms with E-state index in [-0.39, 0.29) is 11.4 Å². The van der Waals surface area contributed by atoms with Crippen molar-refractivity contribution in [2.45, 2.75) is 26.3 Å². The Labute approximate surface area is 140 Å². The second kappa shape index (κ2) is 7.41. The molecule has 0 saturated carbocycles. The number of rotatable bonds is 6. The molecule has 2 aromatic carbocycles. The summed E-state index contributed by atoms with van der Waals surface area (Å²) in [7, 11) is 0. The van der Waals surface area contributed by atoms with Gasteiger partial charge in [-0.3, -0.25) is 0 Å². The zero-order valence-corrected chi connectivity index (χ0v) is 13.6. The maximum absolute atomic E-state index is 12.9. The third kappa shape index (κ3) is 3.89. The molecule has 0 saturated heterocycles. The van der Waals surface area contributed by atoms with Crippen LogP contribution in [0.3, 0.4) is 0 Å². The molecule has 0 aliphatic heterocycles. The summed E-state index contributed by atoms with van der Waals surface area (Å²) in [6, 6.07) is 14.1. The number of benzene rings is 2. The Bertz CT molecular complexity index is 884. The van der Waals surface area contributed by atoms with Crippen LogP contribution in [-0.2, 0) is 19.4 Å². The molecule has 1 aromatic heterocycles. The van der Waals surface area contributed by atoms with Crippen molar-refractivity contribution in [1.29, 1.82) is 0 Å². The van der Waals surface area contributed by atoms with E-state index in [1.807, 2.05) is 12.1 Å². The van der Waals surface area contributed by atoms with Crippen molar-refractivity contribution in [3.63, 3.8) is 0 Å². The van der Waals surface area contributed by atoms with Crippen LogP contribution in [0.15, 0.2) is 57.7 Å². The Hall–Kier alpha value is -2.46. The molecule has 0 amide bonds. The molecule has 0 aliphatic rings. The second-order valence-corrected chi connectivity index (χ2v) is 5.83. The van der Waals surface area contributed by atoms with Crippen LogP contribution >= 0.6 is 0 Å². The Kier molecular flexibility index (Phi) is 5.06. The Morgan fingerprint density at radius 2 is 1.79 bits per heavy atom. The lowest BCUT2D eigenvalue weighted by Crippen LogP contribution is -2.18. The van der Waals surface area contributed by atoms with Gasteiger partial charge in [-0.15, -0.1) is 0 Å². The molecule has 0 aliphatic carbocycles. The first-order chi connectivity index (χ1) is 11.7. The number of hydrogen-bond acceptors (Lipinski definition) is 3. The smallest absolute Gasteiger partial charge is 0.336 e. The highest BCUT2D eigenvalue weighted by molar-refractivity contribution is 5.80. The number of hydrogen-bond donors (Lipinski definition) is 1. The number of halogens is 1. The summed E-state index contributed by atoms with van der Waals surface area (Å²) in [6.07, 6.45) is 1.71. The van der Waals surface area contributed by atoms with Crippen LogP contribution in [0, 0.1) is 5.82 Å². The third-order valence-electron chi connectivity index (χ3n) is 4.12. The van der Waals surface area contributed by atoms with Crippen molar-refractivity contribution >= 4 is 11.0 Å². The highest BCUT2D eigenvalue weighted by atomic mass is 19.1. The fourth-order valence-electron chi connectivity index (χ4n) is 2.75. The van der Waals surface area contributed by atoms with Gasteiger partial charge in [-0.05, 0) is 54.3 Å². The lowest BCUT2D eigenvalue weighted by Gasteiger charge is -2.08. The van der Waals surface area contributed by atoms with Gasteiger partial charge in [0.15, 0.2) is 0 Å². The van der Waals surface area contributed by atoms with Crippen LogP contribution in [0.4, 0.5) is 4.39 Å². The first-order valence-electron chi connectivity index (χ1n) is 8.16. The normalized spacial score (nSPS) is 11.1. The van der Waals surface area contributed by atoms with Crippen molar-refractivity contribution in [3.8, 4) is 0 Å². The van der Waals surface area contributed by atoms with E-state index in [0.717, 1.165) is 41.5 Å². The van der Waals surface area contributed by atoms with Gasteiger partial charge < -0.3 is 9.73 Å². The third-order valence-corrected chi connectivity index (χ3v) is 4.12. The summed E-state index contributed by atoms with van der Waals surface area (Å²) in [5.41, 5.74) is 3.47. The van der Waals surface area contributed by atoms with E-state index in [1.54, 1.807) is 18.2 Å². The molecule has 3 nitrogen and oxygen atoms in total. The van der Waals surface area contributed by atoms with Crippen LogP contribution in [0.5, 0.6) is 0 Å². The van der Waals surface area contributed by atoms with Crippen molar-refractivity contribution in [1.82, 2.24) is 5.32 Å². The molecule has 0 radical (unpaired) electrons. The van der Waals surface area contributed by atoms with Gasteiger partial charge in [-0.2, -0.15) is 0 Å². The van der Waals surface area contributed by atoms with E-state index in [2.05, 4.69) is 18.3 Å². The first kappa shape index (κ1) is 16.4. The molecule has 0 unspecified atom stereocenters. The van der Waals surface area contributed by atoms with Crippen LogP contribution in [0.1, 0.15) is 23.6 Å². The van der Waals surface area contributed by atoms with Crippen LogP contribution in [-0.4, -0.2) is 6.54 Å². The summed E-state index contributed by atoms with van der Waals surface area (Å²) in [5, 5.41) is 4.30. The summed E-state index contributed by atoms with van der Waals surface area (Å²) >= 11 is 0. The zero-order chi connectivity index (χ0) is 16.9. The molecule has 24 heavy (non-hydrogen) atoms. The van der Waals surface area contributed by atoms with Gasteiger partial charge >= 0.3 is 5.63 Å². The van der Waals surface area contributed by atoms with Gasteiger partial charge in [0.2, 0.25) is 0 Å². The topological polar surface area (TPSA) is 42.2 Å². The molecular weight excluding hydrogens is 305 g/mol. The Morgan fingerprint density at radius 1 is 1.04 bits per heavy atom. The van der Waals surface area contributed by atoms with E-state index in [9.17, 15) is 9.18 Å². The molecule has 3 aromatic rings. The fourth-order valence-corrected chi connectivity index (χ4v) is 2.75. The summed E-state index contributed by atoms with van der Waals surface area (Å²) in [6.45, 7) is 3.41. The number of nitrogens with one attached hydrogen (secondary N) is 1. The summed E-state index contributed by atoms with van der Waals surface area (Å²) in [4.78, 5) is 11.8. The predicted molar refractivity (Wildman–Crippen MR) is 93.7 cm³/mol. The molecule has 0 spiro atoms. The minimum atomic E-state index is -0.328. The maximum atomic E-state index is 12.9. The Balaban J connectivity index is 1.68. The van der Waals surface area contributed by atoms with Gasteiger partial charge in [0, 0.05) is 18.0 Å². The van der Waals surface area contributed by atoms with Crippen LogP contribution in [0.25, 0.3) is 11.0 Å². The van der Waals surface area contributed by atoms with Crippen LogP contribution in [0.2, 0.25) is 0 Å². The molecule has 3 rings (SSSR count). The lowest BCUT2D eigenvalue weighted by molar-refractivity contribution is 0.556. The van der Waals surface area contributed by atoms with Gasteiger partial charge in [-0.1, -0.05) is 31.2 Å². The van der Waals surface area contributed by atoms with E-state index < -0.39 is 0 Å². The molecule has 1 N–H and O–H groups in total.